The number of thiophene rings is 1. The highest BCUT2D eigenvalue weighted by atomic mass is 32.1. The molecule has 0 aliphatic carbocycles. The van der Waals surface area contributed by atoms with Crippen LogP contribution in [0, 0.1) is 0 Å². The molecule has 0 fully saturated rings. The van der Waals surface area contributed by atoms with E-state index in [-0.39, 0.29) is 6.04 Å². The summed E-state index contributed by atoms with van der Waals surface area (Å²) in [7, 11) is 0. The highest BCUT2D eigenvalue weighted by molar-refractivity contribution is 7.07. The van der Waals surface area contributed by atoms with Crippen LogP contribution >= 0.6 is 11.3 Å². The first-order chi connectivity index (χ1) is 10.2. The lowest BCUT2D eigenvalue weighted by atomic mass is 10.1. The minimum atomic E-state index is -0.453. The summed E-state index contributed by atoms with van der Waals surface area (Å²) in [6.07, 6.45) is 0.561. The van der Waals surface area contributed by atoms with Gasteiger partial charge in [-0.3, -0.25) is 0 Å². The summed E-state index contributed by atoms with van der Waals surface area (Å²) in [4.78, 5) is 0. The molecule has 2 N–H and O–H groups in total. The molecule has 0 aliphatic rings. The number of hydrogen-bond donors (Lipinski definition) is 2. The van der Waals surface area contributed by atoms with Crippen LogP contribution < -0.4 is 10.1 Å². The summed E-state index contributed by atoms with van der Waals surface area (Å²) in [5.74, 6) is 0.908. The van der Waals surface area contributed by atoms with Gasteiger partial charge in [0, 0.05) is 12.6 Å². The Morgan fingerprint density at radius 1 is 1.19 bits per heavy atom. The van der Waals surface area contributed by atoms with Crippen molar-refractivity contribution in [2.75, 3.05) is 13.2 Å². The first-order valence-corrected chi connectivity index (χ1v) is 8.31. The highest BCUT2D eigenvalue weighted by Crippen LogP contribution is 2.20. The third-order valence-electron chi connectivity index (χ3n) is 3.40. The van der Waals surface area contributed by atoms with Gasteiger partial charge >= 0.3 is 0 Å². The van der Waals surface area contributed by atoms with Crippen LogP contribution in [0.25, 0.3) is 0 Å². The monoisotopic (exact) mass is 305 g/mol. The van der Waals surface area contributed by atoms with Gasteiger partial charge in [0.05, 0.1) is 12.7 Å². The molecule has 0 amide bonds. The van der Waals surface area contributed by atoms with E-state index in [9.17, 15) is 5.11 Å². The van der Waals surface area contributed by atoms with E-state index in [0.29, 0.717) is 6.54 Å². The molecule has 0 spiro atoms. The molecule has 21 heavy (non-hydrogen) atoms. The number of rotatable bonds is 8. The fourth-order valence-corrected chi connectivity index (χ4v) is 2.77. The van der Waals surface area contributed by atoms with Gasteiger partial charge in [-0.2, -0.15) is 11.3 Å². The van der Waals surface area contributed by atoms with Crippen molar-refractivity contribution in [1.82, 2.24) is 5.32 Å². The summed E-state index contributed by atoms with van der Waals surface area (Å²) < 4.78 is 5.58. The fraction of sp³-hybridized carbons (Fsp3) is 0.412. The zero-order valence-corrected chi connectivity index (χ0v) is 13.4. The second-order valence-corrected chi connectivity index (χ2v) is 5.90. The van der Waals surface area contributed by atoms with Crippen LogP contribution in [0.4, 0.5) is 0 Å². The zero-order valence-electron chi connectivity index (χ0n) is 12.6. The maximum absolute atomic E-state index is 10.1. The summed E-state index contributed by atoms with van der Waals surface area (Å²) in [5, 5.41) is 17.4. The molecular formula is C17H23NO2S. The molecule has 0 aliphatic heterocycles. The second-order valence-electron chi connectivity index (χ2n) is 5.12. The molecule has 2 rings (SSSR count). The van der Waals surface area contributed by atoms with Crippen LogP contribution in [-0.2, 0) is 0 Å². The number of aliphatic hydroxyl groups is 1. The Labute approximate surface area is 130 Å². The van der Waals surface area contributed by atoms with E-state index in [1.807, 2.05) is 29.0 Å². The van der Waals surface area contributed by atoms with Crippen molar-refractivity contribution in [3.8, 4) is 5.75 Å². The third-order valence-corrected chi connectivity index (χ3v) is 4.10. The number of ether oxygens (including phenoxy) is 1. The Kier molecular flexibility index (Phi) is 6.23. The van der Waals surface area contributed by atoms with E-state index < -0.39 is 6.10 Å². The molecule has 0 saturated heterocycles. The summed E-state index contributed by atoms with van der Waals surface area (Å²) in [6.45, 7) is 5.49. The normalized spacial score (nSPS) is 13.9. The Bertz CT molecular complexity index is 510. The molecule has 1 aromatic heterocycles. The summed E-state index contributed by atoms with van der Waals surface area (Å²) in [6, 6.07) is 10.3. The summed E-state index contributed by atoms with van der Waals surface area (Å²) >= 11 is 1.60. The van der Waals surface area contributed by atoms with Crippen molar-refractivity contribution >= 4 is 11.3 Å². The molecule has 0 saturated carbocycles. The highest BCUT2D eigenvalue weighted by Gasteiger charge is 2.11. The lowest BCUT2D eigenvalue weighted by Gasteiger charge is -2.17. The van der Waals surface area contributed by atoms with E-state index >= 15 is 0 Å². The van der Waals surface area contributed by atoms with E-state index in [2.05, 4.69) is 31.3 Å². The van der Waals surface area contributed by atoms with Crippen molar-refractivity contribution in [3.63, 3.8) is 0 Å². The van der Waals surface area contributed by atoms with Crippen LogP contribution in [0.15, 0.2) is 41.1 Å². The van der Waals surface area contributed by atoms with Crippen molar-refractivity contribution in [1.29, 1.82) is 0 Å². The largest absolute Gasteiger partial charge is 0.494 e. The van der Waals surface area contributed by atoms with Gasteiger partial charge in [0.25, 0.3) is 0 Å². The van der Waals surface area contributed by atoms with Crippen LogP contribution in [0.3, 0.4) is 0 Å². The topological polar surface area (TPSA) is 41.5 Å². The average molecular weight is 305 g/mol. The lowest BCUT2D eigenvalue weighted by molar-refractivity contribution is 0.171. The number of nitrogens with one attached hydrogen (secondary N) is 1. The Morgan fingerprint density at radius 2 is 1.95 bits per heavy atom. The minimum absolute atomic E-state index is 0.193. The minimum Gasteiger partial charge on any atom is -0.494 e. The van der Waals surface area contributed by atoms with Crippen LogP contribution in [-0.4, -0.2) is 18.3 Å². The molecule has 0 radical (unpaired) electrons. The lowest BCUT2D eigenvalue weighted by Crippen LogP contribution is -2.24. The van der Waals surface area contributed by atoms with Crippen LogP contribution in [0.5, 0.6) is 5.75 Å². The SMILES string of the molecule is CCCOc1ccc(C(C)NCC(O)c2ccsc2)cc1. The van der Waals surface area contributed by atoms with E-state index in [4.69, 9.17) is 4.74 Å². The van der Waals surface area contributed by atoms with Gasteiger partial charge in [-0.25, -0.2) is 0 Å². The number of hydrogen-bond acceptors (Lipinski definition) is 4. The quantitative estimate of drug-likeness (QED) is 0.776. The molecule has 3 nitrogen and oxygen atoms in total. The number of benzene rings is 1. The smallest absolute Gasteiger partial charge is 0.119 e. The van der Waals surface area contributed by atoms with E-state index in [1.54, 1.807) is 11.3 Å². The molecular weight excluding hydrogens is 282 g/mol. The molecule has 4 heteroatoms. The fourth-order valence-electron chi connectivity index (χ4n) is 2.06. The van der Waals surface area contributed by atoms with Gasteiger partial charge in [-0.15, -0.1) is 0 Å². The summed E-state index contributed by atoms with van der Waals surface area (Å²) in [5.41, 5.74) is 2.17. The van der Waals surface area contributed by atoms with E-state index in [1.165, 1.54) is 5.56 Å². The maximum Gasteiger partial charge on any atom is 0.119 e. The molecule has 2 unspecified atom stereocenters. The van der Waals surface area contributed by atoms with Gasteiger partial charge in [0.2, 0.25) is 0 Å². The van der Waals surface area contributed by atoms with Gasteiger partial charge in [-0.05, 0) is 53.4 Å². The van der Waals surface area contributed by atoms with Gasteiger partial charge < -0.3 is 15.2 Å². The predicted molar refractivity (Wildman–Crippen MR) is 87.9 cm³/mol. The molecule has 2 atom stereocenters. The number of aliphatic hydroxyl groups excluding tert-OH is 1. The molecule has 1 heterocycles. The van der Waals surface area contributed by atoms with Gasteiger partial charge in [-0.1, -0.05) is 19.1 Å². The van der Waals surface area contributed by atoms with Gasteiger partial charge in [0.1, 0.15) is 5.75 Å². The van der Waals surface area contributed by atoms with Crippen LogP contribution in [0.1, 0.15) is 43.5 Å². The molecule has 114 valence electrons. The average Bonchev–Trinajstić information content (AvgIpc) is 3.05. The van der Waals surface area contributed by atoms with Crippen molar-refractivity contribution in [3.05, 3.63) is 52.2 Å². The molecule has 2 aromatic rings. The molecule has 1 aromatic carbocycles. The Morgan fingerprint density at radius 3 is 2.57 bits per heavy atom. The maximum atomic E-state index is 10.1. The standard InChI is InChI=1S/C17H23NO2S/c1-3-9-20-16-6-4-14(5-7-16)13(2)18-11-17(19)15-8-10-21-12-15/h4-8,10,12-13,17-19H,3,9,11H2,1-2H3. The molecule has 0 bridgehead atoms. The van der Waals surface area contributed by atoms with Crippen molar-refractivity contribution < 1.29 is 9.84 Å². The first kappa shape index (κ1) is 16.0. The Balaban J connectivity index is 1.83. The van der Waals surface area contributed by atoms with Crippen molar-refractivity contribution in [2.24, 2.45) is 0 Å². The van der Waals surface area contributed by atoms with Gasteiger partial charge in [0.15, 0.2) is 0 Å². The Hall–Kier alpha value is -1.36. The van der Waals surface area contributed by atoms with Crippen molar-refractivity contribution in [2.45, 2.75) is 32.4 Å². The zero-order chi connectivity index (χ0) is 15.1. The predicted octanol–water partition coefficient (Wildman–Crippen LogP) is 3.92. The third kappa shape index (κ3) is 4.84. The van der Waals surface area contributed by atoms with E-state index in [0.717, 1.165) is 24.3 Å². The van der Waals surface area contributed by atoms with Crippen LogP contribution in [0.2, 0.25) is 0 Å². The second kappa shape index (κ2) is 8.17. The first-order valence-electron chi connectivity index (χ1n) is 7.37.